The second kappa shape index (κ2) is 6.24. The number of carboxylic acids is 1. The van der Waals surface area contributed by atoms with Gasteiger partial charge in [-0.15, -0.1) is 0 Å². The first-order valence-corrected chi connectivity index (χ1v) is 8.22. The summed E-state index contributed by atoms with van der Waals surface area (Å²) >= 11 is 0. The highest BCUT2D eigenvalue weighted by Gasteiger charge is 2.49. The van der Waals surface area contributed by atoms with E-state index in [0.717, 1.165) is 25.7 Å². The Morgan fingerprint density at radius 1 is 1.19 bits per heavy atom. The molecule has 0 radical (unpaired) electrons. The third-order valence-electron chi connectivity index (χ3n) is 5.27. The first kappa shape index (κ1) is 16.1. The van der Waals surface area contributed by atoms with Gasteiger partial charge in [0, 0.05) is 13.1 Å². The number of nitrogens with one attached hydrogen (secondary N) is 1. The van der Waals surface area contributed by atoms with Crippen LogP contribution in [0.3, 0.4) is 0 Å². The molecule has 1 atom stereocenters. The normalized spacial score (nSPS) is 27.8. The predicted molar refractivity (Wildman–Crippen MR) is 81.2 cm³/mol. The first-order chi connectivity index (χ1) is 9.93. The average Bonchev–Trinajstić information content (AvgIpc) is 3.05. The van der Waals surface area contributed by atoms with Gasteiger partial charge in [0.15, 0.2) is 0 Å². The quantitative estimate of drug-likeness (QED) is 0.819. The van der Waals surface area contributed by atoms with Crippen molar-refractivity contribution in [2.45, 2.75) is 70.8 Å². The molecule has 21 heavy (non-hydrogen) atoms. The smallest absolute Gasteiger partial charge is 0.329 e. The minimum atomic E-state index is -0.991. The summed E-state index contributed by atoms with van der Waals surface area (Å²) in [5, 5.41) is 12.6. The number of aliphatic carboxylic acids is 1. The van der Waals surface area contributed by atoms with Gasteiger partial charge in [-0.05, 0) is 37.5 Å². The molecule has 2 amide bonds. The fourth-order valence-electron chi connectivity index (χ4n) is 3.97. The molecule has 5 nitrogen and oxygen atoms in total. The van der Waals surface area contributed by atoms with E-state index in [1.165, 1.54) is 12.8 Å². The van der Waals surface area contributed by atoms with Crippen molar-refractivity contribution in [3.8, 4) is 0 Å². The van der Waals surface area contributed by atoms with Crippen LogP contribution in [-0.4, -0.2) is 40.6 Å². The Hall–Kier alpha value is -1.26. The second-order valence-electron chi connectivity index (χ2n) is 7.02. The lowest BCUT2D eigenvalue weighted by molar-refractivity contribution is -0.148. The number of hydrogen-bond donors (Lipinski definition) is 2. The minimum Gasteiger partial charge on any atom is -0.479 e. The van der Waals surface area contributed by atoms with Gasteiger partial charge >= 0.3 is 12.0 Å². The third-order valence-corrected chi connectivity index (χ3v) is 5.27. The molecule has 0 aromatic heterocycles. The zero-order valence-corrected chi connectivity index (χ0v) is 13.3. The highest BCUT2D eigenvalue weighted by atomic mass is 16.4. The van der Waals surface area contributed by atoms with Crippen LogP contribution >= 0.6 is 0 Å². The monoisotopic (exact) mass is 296 g/mol. The SMILES string of the molecule is CCCC1(C(=O)O)CCCN1C(=O)NCC1(C)CCCC1. The summed E-state index contributed by atoms with van der Waals surface area (Å²) < 4.78 is 0. The van der Waals surface area contributed by atoms with E-state index < -0.39 is 11.5 Å². The van der Waals surface area contributed by atoms with Gasteiger partial charge in [-0.1, -0.05) is 33.1 Å². The fourth-order valence-corrected chi connectivity index (χ4v) is 3.97. The zero-order chi connectivity index (χ0) is 15.5. The molecule has 2 rings (SSSR count). The number of urea groups is 1. The van der Waals surface area contributed by atoms with Gasteiger partial charge in [-0.25, -0.2) is 9.59 Å². The molecule has 2 N–H and O–H groups in total. The summed E-state index contributed by atoms with van der Waals surface area (Å²) in [6, 6.07) is -0.198. The maximum Gasteiger partial charge on any atom is 0.329 e. The lowest BCUT2D eigenvalue weighted by atomic mass is 9.89. The fraction of sp³-hybridized carbons (Fsp3) is 0.875. The predicted octanol–water partition coefficient (Wildman–Crippen LogP) is 3.00. The highest BCUT2D eigenvalue weighted by Crippen LogP contribution is 2.37. The minimum absolute atomic E-state index is 0.187. The van der Waals surface area contributed by atoms with E-state index in [1.54, 1.807) is 4.90 Å². The number of nitrogens with zero attached hydrogens (tertiary/aromatic N) is 1. The molecule has 0 aromatic rings. The lowest BCUT2D eigenvalue weighted by Gasteiger charge is -2.35. The Balaban J connectivity index is 2.01. The first-order valence-electron chi connectivity index (χ1n) is 8.22. The molecule has 1 unspecified atom stereocenters. The largest absolute Gasteiger partial charge is 0.479 e. The van der Waals surface area contributed by atoms with Crippen LogP contribution in [0.1, 0.15) is 65.2 Å². The van der Waals surface area contributed by atoms with Crippen LogP contribution in [0.4, 0.5) is 4.79 Å². The van der Waals surface area contributed by atoms with Gasteiger partial charge in [-0.2, -0.15) is 0 Å². The molecule has 0 aromatic carbocycles. The van der Waals surface area contributed by atoms with Crippen molar-refractivity contribution in [2.24, 2.45) is 5.41 Å². The summed E-state index contributed by atoms with van der Waals surface area (Å²) in [4.78, 5) is 25.8. The number of rotatable bonds is 5. The van der Waals surface area contributed by atoms with Gasteiger partial charge in [0.25, 0.3) is 0 Å². The van der Waals surface area contributed by atoms with Gasteiger partial charge in [-0.3, -0.25) is 0 Å². The maximum atomic E-state index is 12.5. The van der Waals surface area contributed by atoms with Crippen molar-refractivity contribution in [1.29, 1.82) is 0 Å². The molecule has 120 valence electrons. The molecule has 2 fully saturated rings. The standard InChI is InChI=1S/C16H28N2O3/c1-3-7-16(13(19)20)10-6-11-18(16)14(21)17-12-15(2)8-4-5-9-15/h3-12H2,1-2H3,(H,17,21)(H,19,20). The van der Waals surface area contributed by atoms with E-state index in [1.807, 2.05) is 6.92 Å². The van der Waals surface area contributed by atoms with Gasteiger partial charge in [0.1, 0.15) is 5.54 Å². The van der Waals surface area contributed by atoms with Crippen molar-refractivity contribution in [3.63, 3.8) is 0 Å². The average molecular weight is 296 g/mol. The molecule has 1 saturated heterocycles. The number of carboxylic acid groups (broad SMARTS) is 1. The molecule has 5 heteroatoms. The molecule has 1 heterocycles. The summed E-state index contributed by atoms with van der Waals surface area (Å²) in [5.41, 5.74) is -0.804. The summed E-state index contributed by atoms with van der Waals surface area (Å²) in [6.45, 7) is 5.39. The van der Waals surface area contributed by atoms with Crippen LogP contribution in [0.25, 0.3) is 0 Å². The molecular weight excluding hydrogens is 268 g/mol. The van der Waals surface area contributed by atoms with E-state index in [4.69, 9.17) is 0 Å². The van der Waals surface area contributed by atoms with Crippen molar-refractivity contribution in [3.05, 3.63) is 0 Å². The van der Waals surface area contributed by atoms with Crippen LogP contribution in [0, 0.1) is 5.41 Å². The number of amides is 2. The van der Waals surface area contributed by atoms with E-state index in [0.29, 0.717) is 25.9 Å². The molecule has 1 aliphatic heterocycles. The second-order valence-corrected chi connectivity index (χ2v) is 7.02. The zero-order valence-electron chi connectivity index (χ0n) is 13.3. The van der Waals surface area contributed by atoms with Crippen molar-refractivity contribution in [2.75, 3.05) is 13.1 Å². The van der Waals surface area contributed by atoms with Crippen LogP contribution in [0.5, 0.6) is 0 Å². The molecule has 0 spiro atoms. The summed E-state index contributed by atoms with van der Waals surface area (Å²) in [7, 11) is 0. The maximum absolute atomic E-state index is 12.5. The number of hydrogen-bond acceptors (Lipinski definition) is 2. The van der Waals surface area contributed by atoms with Gasteiger partial charge in [0.2, 0.25) is 0 Å². The van der Waals surface area contributed by atoms with Crippen LogP contribution in [0.15, 0.2) is 0 Å². The lowest BCUT2D eigenvalue weighted by Crippen LogP contribution is -2.56. The molecule has 1 aliphatic carbocycles. The molecular formula is C16H28N2O3. The number of carbonyl (C=O) groups is 2. The molecule has 1 saturated carbocycles. The summed E-state index contributed by atoms with van der Waals surface area (Å²) in [6.07, 6.45) is 7.40. The van der Waals surface area contributed by atoms with E-state index in [9.17, 15) is 14.7 Å². The Labute approximate surface area is 127 Å². The Bertz CT molecular complexity index is 404. The molecule has 0 bridgehead atoms. The van der Waals surface area contributed by atoms with Crippen molar-refractivity contribution in [1.82, 2.24) is 10.2 Å². The van der Waals surface area contributed by atoms with Crippen LogP contribution in [-0.2, 0) is 4.79 Å². The third kappa shape index (κ3) is 3.16. The topological polar surface area (TPSA) is 69.6 Å². The van der Waals surface area contributed by atoms with Crippen molar-refractivity contribution < 1.29 is 14.7 Å². The highest BCUT2D eigenvalue weighted by molar-refractivity contribution is 5.87. The van der Waals surface area contributed by atoms with Crippen LogP contribution < -0.4 is 5.32 Å². The number of carbonyl (C=O) groups excluding carboxylic acids is 1. The van der Waals surface area contributed by atoms with E-state index >= 15 is 0 Å². The van der Waals surface area contributed by atoms with Crippen molar-refractivity contribution >= 4 is 12.0 Å². The molecule has 2 aliphatic rings. The summed E-state index contributed by atoms with van der Waals surface area (Å²) in [5.74, 6) is -0.857. The van der Waals surface area contributed by atoms with E-state index in [-0.39, 0.29) is 11.4 Å². The Morgan fingerprint density at radius 2 is 1.86 bits per heavy atom. The van der Waals surface area contributed by atoms with Gasteiger partial charge < -0.3 is 15.3 Å². The Morgan fingerprint density at radius 3 is 2.43 bits per heavy atom. The Kier molecular flexibility index (Phi) is 4.79. The number of likely N-dealkylation sites (tertiary alicyclic amines) is 1. The van der Waals surface area contributed by atoms with E-state index in [2.05, 4.69) is 12.2 Å². The van der Waals surface area contributed by atoms with Gasteiger partial charge in [0.05, 0.1) is 0 Å². The van der Waals surface area contributed by atoms with Crippen LogP contribution in [0.2, 0.25) is 0 Å².